The number of nitrogens with zero attached hydrogens (tertiary/aromatic N) is 2. The Labute approximate surface area is 68.5 Å². The molecule has 4 N–H and O–H groups in total. The topological polar surface area (TPSA) is 98.4 Å². The summed E-state index contributed by atoms with van der Waals surface area (Å²) in [6.45, 7) is 0. The summed E-state index contributed by atoms with van der Waals surface area (Å²) in [5.74, 6) is 10.4. The van der Waals surface area contributed by atoms with Crippen LogP contribution in [0, 0.1) is 10.1 Å². The molecule has 1 aromatic carbocycles. The Morgan fingerprint density at radius 3 is 2.08 bits per heavy atom. The second-order valence-corrected chi connectivity index (χ2v) is 2.18. The lowest BCUT2D eigenvalue weighted by Crippen LogP contribution is -2.37. The van der Waals surface area contributed by atoms with E-state index in [-0.39, 0.29) is 5.69 Å². The van der Waals surface area contributed by atoms with Gasteiger partial charge in [0.15, 0.2) is 0 Å². The van der Waals surface area contributed by atoms with Gasteiger partial charge in [0.1, 0.15) is 0 Å². The van der Waals surface area contributed by atoms with Crippen molar-refractivity contribution in [2.24, 2.45) is 11.7 Å². The highest BCUT2D eigenvalue weighted by atomic mass is 16.6. The number of non-ortho nitro benzene ring substituents is 1. The van der Waals surface area contributed by atoms with Gasteiger partial charge < -0.3 is 0 Å². The normalized spacial score (nSPS) is 9.50. The average Bonchev–Trinajstić information content (AvgIpc) is 2.04. The maximum atomic E-state index is 10.2. The highest BCUT2D eigenvalue weighted by molar-refractivity contribution is 5.48. The molecule has 0 saturated heterocycles. The van der Waals surface area contributed by atoms with E-state index in [1.807, 2.05) is 0 Å². The summed E-state index contributed by atoms with van der Waals surface area (Å²) >= 11 is 0. The summed E-state index contributed by atoms with van der Waals surface area (Å²) in [4.78, 5) is 9.73. The number of hydrazine groups is 2. The largest absolute Gasteiger partial charge is 0.269 e. The van der Waals surface area contributed by atoms with Gasteiger partial charge >= 0.3 is 0 Å². The highest BCUT2D eigenvalue weighted by Crippen LogP contribution is 2.15. The van der Waals surface area contributed by atoms with Crippen LogP contribution in [-0.4, -0.2) is 4.92 Å². The second-order valence-electron chi connectivity index (χ2n) is 2.18. The van der Waals surface area contributed by atoms with E-state index < -0.39 is 4.92 Å². The van der Waals surface area contributed by atoms with E-state index in [9.17, 15) is 10.1 Å². The van der Waals surface area contributed by atoms with E-state index in [4.69, 9.17) is 11.7 Å². The van der Waals surface area contributed by atoms with Gasteiger partial charge in [0.25, 0.3) is 5.69 Å². The molecule has 0 atom stereocenters. The van der Waals surface area contributed by atoms with E-state index >= 15 is 0 Å². The van der Waals surface area contributed by atoms with Crippen molar-refractivity contribution in [3.63, 3.8) is 0 Å². The van der Waals surface area contributed by atoms with Gasteiger partial charge in [-0.3, -0.25) is 10.1 Å². The Morgan fingerprint density at radius 1 is 1.25 bits per heavy atom. The van der Waals surface area contributed by atoms with Crippen molar-refractivity contribution >= 4 is 11.4 Å². The van der Waals surface area contributed by atoms with Crippen LogP contribution in [0.15, 0.2) is 24.3 Å². The van der Waals surface area contributed by atoms with Crippen LogP contribution in [0.5, 0.6) is 0 Å². The predicted molar refractivity (Wildman–Crippen MR) is 44.0 cm³/mol. The molecule has 6 heteroatoms. The van der Waals surface area contributed by atoms with Gasteiger partial charge in [-0.25, -0.2) is 16.8 Å². The van der Waals surface area contributed by atoms with Gasteiger partial charge in [-0.15, -0.1) is 0 Å². The fraction of sp³-hybridized carbons (Fsp3) is 0. The molecule has 0 amide bonds. The highest BCUT2D eigenvalue weighted by Gasteiger charge is 2.04. The van der Waals surface area contributed by atoms with Gasteiger partial charge in [0.05, 0.1) is 10.6 Å². The summed E-state index contributed by atoms with van der Waals surface area (Å²) in [6.07, 6.45) is 0. The van der Waals surface area contributed by atoms with Gasteiger partial charge in [0, 0.05) is 12.1 Å². The molecule has 0 radical (unpaired) electrons. The summed E-state index contributed by atoms with van der Waals surface area (Å²) in [6, 6.07) is 5.61. The molecule has 0 aliphatic carbocycles. The number of benzene rings is 1. The average molecular weight is 168 g/mol. The summed E-state index contributed by atoms with van der Waals surface area (Å²) in [5.41, 5.74) is 0.529. The predicted octanol–water partition coefficient (Wildman–Crippen LogP) is 0.149. The summed E-state index contributed by atoms with van der Waals surface area (Å²) in [7, 11) is 0. The monoisotopic (exact) mass is 168 g/mol. The standard InChI is InChI=1S/C6H8N4O2/c7-9(8)5-1-3-6(4-2-5)10(11)12/h1-4H,7-8H2. The third-order valence-electron chi connectivity index (χ3n) is 1.36. The van der Waals surface area contributed by atoms with Crippen molar-refractivity contribution in [3.8, 4) is 0 Å². The minimum Gasteiger partial charge on any atom is -0.258 e. The SMILES string of the molecule is NN(N)c1ccc([N+](=O)[O-])cc1. The van der Waals surface area contributed by atoms with Crippen LogP contribution in [-0.2, 0) is 0 Å². The van der Waals surface area contributed by atoms with Crippen molar-refractivity contribution in [1.82, 2.24) is 0 Å². The van der Waals surface area contributed by atoms with Crippen LogP contribution in [0.4, 0.5) is 11.4 Å². The smallest absolute Gasteiger partial charge is 0.258 e. The molecular weight excluding hydrogens is 160 g/mol. The lowest BCUT2D eigenvalue weighted by Gasteiger charge is -2.09. The Bertz CT molecular complexity index is 282. The first kappa shape index (κ1) is 8.44. The maximum Gasteiger partial charge on any atom is 0.269 e. The summed E-state index contributed by atoms with van der Waals surface area (Å²) < 4.78 is 0. The molecule has 0 unspecified atom stereocenters. The van der Waals surface area contributed by atoms with Crippen LogP contribution in [0.25, 0.3) is 0 Å². The second kappa shape index (κ2) is 3.16. The molecule has 64 valence electrons. The number of rotatable bonds is 2. The van der Waals surface area contributed by atoms with Gasteiger partial charge in [-0.2, -0.15) is 0 Å². The van der Waals surface area contributed by atoms with Crippen LogP contribution in [0.3, 0.4) is 0 Å². The number of nitrogens with two attached hydrogens (primary N) is 2. The lowest BCUT2D eigenvalue weighted by molar-refractivity contribution is -0.384. The Hall–Kier alpha value is -1.66. The van der Waals surface area contributed by atoms with Crippen LogP contribution >= 0.6 is 0 Å². The molecule has 0 saturated carbocycles. The third-order valence-corrected chi connectivity index (χ3v) is 1.36. The first-order chi connectivity index (χ1) is 5.61. The lowest BCUT2D eigenvalue weighted by atomic mass is 10.3. The van der Waals surface area contributed by atoms with Gasteiger partial charge in [0.2, 0.25) is 0 Å². The first-order valence-corrected chi connectivity index (χ1v) is 3.15. The number of nitro benzene ring substituents is 1. The molecule has 1 rings (SSSR count). The molecule has 0 aromatic heterocycles. The zero-order valence-electron chi connectivity index (χ0n) is 6.18. The fourth-order valence-corrected chi connectivity index (χ4v) is 0.746. The van der Waals surface area contributed by atoms with Gasteiger partial charge in [-0.1, -0.05) is 0 Å². The van der Waals surface area contributed by atoms with Gasteiger partial charge in [-0.05, 0) is 12.1 Å². The molecule has 1 aromatic rings. The maximum absolute atomic E-state index is 10.2. The van der Waals surface area contributed by atoms with E-state index in [2.05, 4.69) is 0 Å². The third kappa shape index (κ3) is 1.68. The quantitative estimate of drug-likeness (QED) is 0.372. The fourth-order valence-electron chi connectivity index (χ4n) is 0.746. The first-order valence-electron chi connectivity index (χ1n) is 3.15. The van der Waals surface area contributed by atoms with E-state index in [1.54, 1.807) is 0 Å². The van der Waals surface area contributed by atoms with Crippen molar-refractivity contribution in [2.75, 3.05) is 5.12 Å². The van der Waals surface area contributed by atoms with Crippen LogP contribution in [0.2, 0.25) is 0 Å². The molecule has 0 spiro atoms. The number of anilines is 1. The number of hydrogen-bond donors (Lipinski definition) is 2. The van der Waals surface area contributed by atoms with E-state index in [0.29, 0.717) is 5.69 Å². The molecule has 0 aliphatic heterocycles. The van der Waals surface area contributed by atoms with Crippen molar-refractivity contribution in [1.29, 1.82) is 0 Å². The molecule has 0 bridgehead atoms. The minimum absolute atomic E-state index is 0.0144. The Balaban J connectivity index is 2.93. The zero-order valence-corrected chi connectivity index (χ0v) is 6.18. The zero-order chi connectivity index (χ0) is 9.14. The van der Waals surface area contributed by atoms with Crippen LogP contribution < -0.4 is 16.8 Å². The molecule has 0 fully saturated rings. The van der Waals surface area contributed by atoms with Crippen molar-refractivity contribution < 1.29 is 4.92 Å². The minimum atomic E-state index is -0.485. The van der Waals surface area contributed by atoms with Crippen molar-refractivity contribution in [3.05, 3.63) is 34.4 Å². The Kier molecular flexibility index (Phi) is 2.22. The Morgan fingerprint density at radius 2 is 1.75 bits per heavy atom. The van der Waals surface area contributed by atoms with Crippen LogP contribution in [0.1, 0.15) is 0 Å². The molecular formula is C6H8N4O2. The molecule has 6 nitrogen and oxygen atoms in total. The molecule has 0 aliphatic rings. The number of nitro groups is 1. The molecule has 0 heterocycles. The van der Waals surface area contributed by atoms with E-state index in [0.717, 1.165) is 5.12 Å². The molecule has 12 heavy (non-hydrogen) atoms. The van der Waals surface area contributed by atoms with E-state index in [1.165, 1.54) is 24.3 Å². The van der Waals surface area contributed by atoms with Crippen molar-refractivity contribution in [2.45, 2.75) is 0 Å². The number of hydrogen-bond acceptors (Lipinski definition) is 5. The summed E-state index contributed by atoms with van der Waals surface area (Å²) in [5, 5.41) is 11.1.